The van der Waals surface area contributed by atoms with Gasteiger partial charge in [0, 0.05) is 31.1 Å². The Morgan fingerprint density at radius 3 is 2.90 bits per heavy atom. The molecule has 1 unspecified atom stereocenters. The molecule has 1 atom stereocenters. The maximum Gasteiger partial charge on any atom is 0.241 e. The van der Waals surface area contributed by atoms with Gasteiger partial charge in [-0.15, -0.1) is 0 Å². The highest BCUT2D eigenvalue weighted by Crippen LogP contribution is 2.31. The number of nitrogens with one attached hydrogen (secondary N) is 1. The number of rotatable bonds is 3. The van der Waals surface area contributed by atoms with E-state index < -0.39 is 0 Å². The Kier molecular flexibility index (Phi) is 3.87. The third-order valence-electron chi connectivity index (χ3n) is 3.54. The average molecular weight is 270 g/mol. The van der Waals surface area contributed by atoms with E-state index in [1.165, 1.54) is 0 Å². The minimum atomic E-state index is 0.365. The third-order valence-corrected chi connectivity index (χ3v) is 3.54. The first-order valence-corrected chi connectivity index (χ1v) is 6.95. The van der Waals surface area contributed by atoms with E-state index in [2.05, 4.69) is 20.3 Å². The van der Waals surface area contributed by atoms with Crippen molar-refractivity contribution in [2.45, 2.75) is 25.7 Å². The lowest BCUT2D eigenvalue weighted by Crippen LogP contribution is -2.29. The summed E-state index contributed by atoms with van der Waals surface area (Å²) >= 11 is 0. The number of nitrogens with zero attached hydrogens (tertiary/aromatic N) is 3. The van der Waals surface area contributed by atoms with Crippen LogP contribution in [0.4, 0.5) is 0 Å². The second-order valence-corrected chi connectivity index (χ2v) is 4.98. The van der Waals surface area contributed by atoms with Crippen LogP contribution in [0.3, 0.4) is 0 Å². The van der Waals surface area contributed by atoms with Gasteiger partial charge in [-0.25, -0.2) is 4.98 Å². The first-order chi connectivity index (χ1) is 9.84. The molecule has 3 rings (SSSR count). The van der Waals surface area contributed by atoms with Gasteiger partial charge >= 0.3 is 0 Å². The second-order valence-electron chi connectivity index (χ2n) is 4.98. The van der Waals surface area contributed by atoms with E-state index in [0.717, 1.165) is 43.1 Å². The van der Waals surface area contributed by atoms with E-state index in [0.29, 0.717) is 11.8 Å². The molecule has 104 valence electrons. The molecular formula is C15H18N4O. The maximum atomic E-state index is 5.93. The standard InChI is InChI=1S/C15H18N4O/c1-11-13(5-3-7-17-11)20-15-14(18-8-9-19-15)12-4-2-6-16-10-12/h3,5,7-9,12,16H,2,4,6,10H2,1H3. The Morgan fingerprint density at radius 2 is 2.10 bits per heavy atom. The molecule has 0 bridgehead atoms. The Balaban J connectivity index is 1.88. The van der Waals surface area contributed by atoms with Crippen LogP contribution in [0.2, 0.25) is 0 Å². The molecule has 0 amide bonds. The van der Waals surface area contributed by atoms with Crippen molar-refractivity contribution in [1.29, 1.82) is 0 Å². The van der Waals surface area contributed by atoms with Crippen LogP contribution in [0.25, 0.3) is 0 Å². The zero-order valence-corrected chi connectivity index (χ0v) is 11.5. The van der Waals surface area contributed by atoms with Crippen molar-refractivity contribution >= 4 is 0 Å². The maximum absolute atomic E-state index is 5.93. The summed E-state index contributed by atoms with van der Waals surface area (Å²) < 4.78 is 5.93. The van der Waals surface area contributed by atoms with Crippen molar-refractivity contribution in [2.24, 2.45) is 0 Å². The van der Waals surface area contributed by atoms with E-state index in [-0.39, 0.29) is 0 Å². The fourth-order valence-corrected chi connectivity index (χ4v) is 2.46. The summed E-state index contributed by atoms with van der Waals surface area (Å²) in [5, 5.41) is 3.40. The number of pyridine rings is 1. The SMILES string of the molecule is Cc1ncccc1Oc1nccnc1C1CCCNC1. The Labute approximate surface area is 118 Å². The lowest BCUT2D eigenvalue weighted by molar-refractivity contribution is 0.409. The van der Waals surface area contributed by atoms with Crippen LogP contribution in [0.15, 0.2) is 30.7 Å². The minimum absolute atomic E-state index is 0.365. The van der Waals surface area contributed by atoms with Crippen molar-refractivity contribution in [3.8, 4) is 11.6 Å². The predicted molar refractivity (Wildman–Crippen MR) is 75.9 cm³/mol. The quantitative estimate of drug-likeness (QED) is 0.928. The molecule has 1 fully saturated rings. The van der Waals surface area contributed by atoms with Crippen molar-refractivity contribution < 1.29 is 4.74 Å². The van der Waals surface area contributed by atoms with Gasteiger partial charge in [0.05, 0.1) is 5.69 Å². The molecule has 5 nitrogen and oxygen atoms in total. The highest BCUT2D eigenvalue weighted by molar-refractivity contribution is 5.33. The van der Waals surface area contributed by atoms with Crippen LogP contribution < -0.4 is 10.1 Å². The highest BCUT2D eigenvalue weighted by Gasteiger charge is 2.21. The largest absolute Gasteiger partial charge is 0.435 e. The van der Waals surface area contributed by atoms with Crippen LogP contribution in [0.1, 0.15) is 30.1 Å². The third kappa shape index (κ3) is 2.77. The van der Waals surface area contributed by atoms with Gasteiger partial charge in [0.25, 0.3) is 0 Å². The molecule has 0 radical (unpaired) electrons. The molecule has 2 aromatic heterocycles. The summed E-state index contributed by atoms with van der Waals surface area (Å²) in [7, 11) is 0. The molecule has 20 heavy (non-hydrogen) atoms. The first kappa shape index (κ1) is 13.0. The normalized spacial score (nSPS) is 18.8. The van der Waals surface area contributed by atoms with E-state index in [1.54, 1.807) is 18.6 Å². The smallest absolute Gasteiger partial charge is 0.241 e. The summed E-state index contributed by atoms with van der Waals surface area (Å²) in [6, 6.07) is 3.76. The zero-order chi connectivity index (χ0) is 13.8. The summed E-state index contributed by atoms with van der Waals surface area (Å²) in [5.74, 6) is 1.69. The van der Waals surface area contributed by atoms with Gasteiger partial charge in [-0.3, -0.25) is 9.97 Å². The van der Waals surface area contributed by atoms with Gasteiger partial charge < -0.3 is 10.1 Å². The van der Waals surface area contributed by atoms with Crippen molar-refractivity contribution in [3.63, 3.8) is 0 Å². The van der Waals surface area contributed by atoms with E-state index >= 15 is 0 Å². The van der Waals surface area contributed by atoms with Gasteiger partial charge in [-0.1, -0.05) is 0 Å². The van der Waals surface area contributed by atoms with Crippen LogP contribution in [0, 0.1) is 6.92 Å². The molecule has 3 heterocycles. The van der Waals surface area contributed by atoms with Crippen molar-refractivity contribution in [2.75, 3.05) is 13.1 Å². The monoisotopic (exact) mass is 270 g/mol. The van der Waals surface area contributed by atoms with E-state index in [1.807, 2.05) is 19.1 Å². The Morgan fingerprint density at radius 1 is 1.20 bits per heavy atom. The van der Waals surface area contributed by atoms with Crippen molar-refractivity contribution in [3.05, 3.63) is 42.1 Å². The highest BCUT2D eigenvalue weighted by atomic mass is 16.5. The predicted octanol–water partition coefficient (Wildman–Crippen LogP) is 2.44. The molecule has 1 aliphatic rings. The Bertz CT molecular complexity index is 582. The number of hydrogen-bond donors (Lipinski definition) is 1. The van der Waals surface area contributed by atoms with Gasteiger partial charge in [0.15, 0.2) is 5.75 Å². The van der Waals surface area contributed by atoms with Gasteiger partial charge in [0.1, 0.15) is 5.69 Å². The fraction of sp³-hybridized carbons (Fsp3) is 0.400. The lowest BCUT2D eigenvalue weighted by atomic mass is 9.96. The number of hydrogen-bond acceptors (Lipinski definition) is 5. The molecular weight excluding hydrogens is 252 g/mol. The molecule has 2 aromatic rings. The van der Waals surface area contributed by atoms with E-state index in [4.69, 9.17) is 4.74 Å². The molecule has 0 spiro atoms. The lowest BCUT2D eigenvalue weighted by Gasteiger charge is -2.23. The van der Waals surface area contributed by atoms with Gasteiger partial charge in [0.2, 0.25) is 5.88 Å². The Hall–Kier alpha value is -2.01. The van der Waals surface area contributed by atoms with Gasteiger partial charge in [-0.2, -0.15) is 0 Å². The fourth-order valence-electron chi connectivity index (χ4n) is 2.46. The summed E-state index contributed by atoms with van der Waals surface area (Å²) in [4.78, 5) is 13.1. The summed E-state index contributed by atoms with van der Waals surface area (Å²) in [5.41, 5.74) is 1.79. The van der Waals surface area contributed by atoms with E-state index in [9.17, 15) is 0 Å². The average Bonchev–Trinajstić information content (AvgIpc) is 2.51. The number of aryl methyl sites for hydroxylation is 1. The zero-order valence-electron chi connectivity index (χ0n) is 11.5. The molecule has 1 N–H and O–H groups in total. The molecule has 0 aromatic carbocycles. The van der Waals surface area contributed by atoms with Gasteiger partial charge in [-0.05, 0) is 38.4 Å². The van der Waals surface area contributed by atoms with Crippen LogP contribution in [-0.4, -0.2) is 28.0 Å². The number of aromatic nitrogens is 3. The number of piperidine rings is 1. The second kappa shape index (κ2) is 5.96. The molecule has 5 heteroatoms. The molecule has 0 aliphatic carbocycles. The van der Waals surface area contributed by atoms with Crippen LogP contribution in [-0.2, 0) is 0 Å². The topological polar surface area (TPSA) is 59.9 Å². The summed E-state index contributed by atoms with van der Waals surface area (Å²) in [6.07, 6.45) is 7.43. The van der Waals surface area contributed by atoms with Crippen LogP contribution in [0.5, 0.6) is 11.6 Å². The molecule has 1 saturated heterocycles. The van der Waals surface area contributed by atoms with Crippen molar-refractivity contribution in [1.82, 2.24) is 20.3 Å². The minimum Gasteiger partial charge on any atom is -0.435 e. The first-order valence-electron chi connectivity index (χ1n) is 6.95. The number of ether oxygens (including phenoxy) is 1. The summed E-state index contributed by atoms with van der Waals surface area (Å²) in [6.45, 7) is 3.93. The molecule has 1 aliphatic heterocycles. The van der Waals surface area contributed by atoms with Crippen LogP contribution >= 0.6 is 0 Å². The molecule has 0 saturated carbocycles.